The third-order valence-corrected chi connectivity index (χ3v) is 8.17. The summed E-state index contributed by atoms with van der Waals surface area (Å²) in [7, 11) is 0. The Morgan fingerprint density at radius 3 is 1.31 bits per heavy atom. The van der Waals surface area contributed by atoms with E-state index >= 15 is 0 Å². The number of aryl methyl sites for hydroxylation is 2. The summed E-state index contributed by atoms with van der Waals surface area (Å²) in [5.41, 5.74) is 2.05. The van der Waals surface area contributed by atoms with E-state index in [9.17, 15) is 22.8 Å². The van der Waals surface area contributed by atoms with Crippen molar-refractivity contribution in [3.63, 3.8) is 0 Å². The molecule has 2 heterocycles. The fraction of sp³-hybridized carbons (Fsp3) is 0.765. The highest BCUT2D eigenvalue weighted by atomic mass is 19.4. The maximum Gasteiger partial charge on any atom is 0.394 e. The summed E-state index contributed by atoms with van der Waals surface area (Å²) >= 11 is 0. The van der Waals surface area contributed by atoms with Gasteiger partial charge in [-0.2, -0.15) is 13.2 Å². The standard InChI is InChI=1S/C17H26F3N3O.C17H29N3O/c1-15(2,3)23-12-9-7-6-8-11(12)21-14(23)22-13(24)10-16(4,5)17(18,19)20;1-16(2,3)11-14(21)19-15-18-12-9-7-8-10-13(12)20(15)17(4,5)6/h6-10H2,1-5H3,(H,21,22,24);7-11H2,1-6H3,(H,18,19,21). The number of carbonyl (C=O) groups is 2. The van der Waals surface area contributed by atoms with E-state index < -0.39 is 23.9 Å². The molecular weight excluding hydrogens is 581 g/mol. The molecule has 2 aliphatic carbocycles. The predicted molar refractivity (Wildman–Crippen MR) is 174 cm³/mol. The highest BCUT2D eigenvalue weighted by Crippen LogP contribution is 2.40. The first-order valence-corrected chi connectivity index (χ1v) is 16.3. The Balaban J connectivity index is 0.000000248. The number of alkyl halides is 3. The summed E-state index contributed by atoms with van der Waals surface area (Å²) in [6, 6.07) is 0. The molecule has 11 heteroatoms. The second kappa shape index (κ2) is 13.1. The van der Waals surface area contributed by atoms with Gasteiger partial charge < -0.3 is 9.13 Å². The second-order valence-electron chi connectivity index (χ2n) is 16.5. The van der Waals surface area contributed by atoms with Gasteiger partial charge in [-0.3, -0.25) is 20.2 Å². The quantitative estimate of drug-likeness (QED) is 0.345. The van der Waals surface area contributed by atoms with Crippen molar-refractivity contribution in [2.45, 2.75) is 158 Å². The molecule has 45 heavy (non-hydrogen) atoms. The Bertz CT molecular complexity index is 1360. The van der Waals surface area contributed by atoms with Crippen molar-refractivity contribution in [1.29, 1.82) is 0 Å². The molecule has 0 aromatic carbocycles. The molecule has 0 bridgehead atoms. The first kappa shape index (κ1) is 36.6. The van der Waals surface area contributed by atoms with Crippen LogP contribution in [-0.4, -0.2) is 37.1 Å². The highest BCUT2D eigenvalue weighted by Gasteiger charge is 2.48. The molecule has 4 rings (SSSR count). The normalized spacial score (nSPS) is 15.9. The van der Waals surface area contributed by atoms with Gasteiger partial charge in [0.15, 0.2) is 0 Å². The molecule has 2 aromatic rings. The van der Waals surface area contributed by atoms with Gasteiger partial charge in [-0.15, -0.1) is 0 Å². The molecule has 0 unspecified atom stereocenters. The number of carbonyl (C=O) groups excluding carboxylic acids is 2. The van der Waals surface area contributed by atoms with Crippen LogP contribution in [0.2, 0.25) is 0 Å². The van der Waals surface area contributed by atoms with E-state index in [1.54, 1.807) is 0 Å². The minimum absolute atomic E-state index is 0.0111. The first-order chi connectivity index (χ1) is 20.4. The number of halogens is 3. The number of amides is 2. The van der Waals surface area contributed by atoms with Crippen molar-refractivity contribution in [2.24, 2.45) is 10.8 Å². The van der Waals surface area contributed by atoms with Crippen LogP contribution in [0.5, 0.6) is 0 Å². The number of rotatable bonds is 5. The van der Waals surface area contributed by atoms with Crippen molar-refractivity contribution in [2.75, 3.05) is 10.6 Å². The Labute approximate surface area is 267 Å². The van der Waals surface area contributed by atoms with Crippen LogP contribution in [0.25, 0.3) is 0 Å². The molecule has 0 fully saturated rings. The molecule has 2 aromatic heterocycles. The number of nitrogens with zero attached hydrogens (tertiary/aromatic N) is 4. The number of anilines is 2. The lowest BCUT2D eigenvalue weighted by atomic mass is 9.88. The minimum Gasteiger partial charge on any atom is -0.309 e. The lowest BCUT2D eigenvalue weighted by Crippen LogP contribution is -2.36. The third kappa shape index (κ3) is 9.35. The predicted octanol–water partition coefficient (Wildman–Crippen LogP) is 8.33. The highest BCUT2D eigenvalue weighted by molar-refractivity contribution is 5.90. The molecule has 8 nitrogen and oxygen atoms in total. The zero-order valence-corrected chi connectivity index (χ0v) is 29.3. The van der Waals surface area contributed by atoms with E-state index in [0.29, 0.717) is 12.4 Å². The monoisotopic (exact) mass is 636 g/mol. The molecule has 0 aliphatic heterocycles. The van der Waals surface area contributed by atoms with Gasteiger partial charge in [-0.1, -0.05) is 34.6 Å². The average Bonchev–Trinajstić information content (AvgIpc) is 3.39. The number of imidazole rings is 2. The largest absolute Gasteiger partial charge is 0.394 e. The summed E-state index contributed by atoms with van der Waals surface area (Å²) in [6.07, 6.45) is 3.78. The molecule has 0 saturated heterocycles. The Morgan fingerprint density at radius 2 is 0.978 bits per heavy atom. The molecule has 0 spiro atoms. The van der Waals surface area contributed by atoms with Crippen molar-refractivity contribution in [3.05, 3.63) is 22.8 Å². The zero-order valence-electron chi connectivity index (χ0n) is 29.3. The molecule has 0 saturated carbocycles. The summed E-state index contributed by atoms with van der Waals surface area (Å²) in [5, 5.41) is 5.66. The number of hydrogen-bond donors (Lipinski definition) is 2. The Morgan fingerprint density at radius 1 is 0.622 bits per heavy atom. The Hall–Kier alpha value is -2.85. The minimum atomic E-state index is -4.43. The van der Waals surface area contributed by atoms with E-state index in [1.807, 2.05) is 25.3 Å². The van der Waals surface area contributed by atoms with E-state index in [0.717, 1.165) is 69.7 Å². The number of fused-ring (bicyclic) bond motifs is 2. The van der Waals surface area contributed by atoms with Gasteiger partial charge in [0.1, 0.15) is 0 Å². The van der Waals surface area contributed by atoms with Crippen LogP contribution in [0.3, 0.4) is 0 Å². The first-order valence-electron chi connectivity index (χ1n) is 16.3. The molecular formula is C34H55F3N6O2. The zero-order chi connectivity index (χ0) is 34.2. The molecule has 254 valence electrons. The fourth-order valence-corrected chi connectivity index (χ4v) is 6.01. The Kier molecular flexibility index (Phi) is 10.7. The van der Waals surface area contributed by atoms with Crippen molar-refractivity contribution in [3.8, 4) is 0 Å². The van der Waals surface area contributed by atoms with Gasteiger partial charge in [0.05, 0.1) is 16.8 Å². The maximum absolute atomic E-state index is 13.0. The van der Waals surface area contributed by atoms with Crippen molar-refractivity contribution < 1.29 is 22.8 Å². The smallest absolute Gasteiger partial charge is 0.309 e. The van der Waals surface area contributed by atoms with Crippen LogP contribution in [0, 0.1) is 10.8 Å². The average molecular weight is 637 g/mol. The van der Waals surface area contributed by atoms with Crippen LogP contribution in [0.4, 0.5) is 25.1 Å². The molecule has 0 atom stereocenters. The van der Waals surface area contributed by atoms with E-state index in [-0.39, 0.29) is 22.4 Å². The van der Waals surface area contributed by atoms with E-state index in [1.165, 1.54) is 24.2 Å². The maximum atomic E-state index is 13.0. The topological polar surface area (TPSA) is 93.8 Å². The number of aromatic nitrogens is 4. The van der Waals surface area contributed by atoms with E-state index in [4.69, 9.17) is 4.98 Å². The van der Waals surface area contributed by atoms with Crippen LogP contribution in [0.1, 0.15) is 137 Å². The number of nitrogens with one attached hydrogen (secondary N) is 2. The molecule has 0 radical (unpaired) electrons. The fourth-order valence-electron chi connectivity index (χ4n) is 6.01. The summed E-state index contributed by atoms with van der Waals surface area (Å²) in [6.45, 7) is 20.8. The van der Waals surface area contributed by atoms with Gasteiger partial charge in [0.2, 0.25) is 23.7 Å². The molecule has 2 N–H and O–H groups in total. The van der Waals surface area contributed by atoms with Gasteiger partial charge in [0, 0.05) is 35.3 Å². The lowest BCUT2D eigenvalue weighted by molar-refractivity contribution is -0.213. The third-order valence-electron chi connectivity index (χ3n) is 8.17. The summed E-state index contributed by atoms with van der Waals surface area (Å²) < 4.78 is 43.1. The summed E-state index contributed by atoms with van der Waals surface area (Å²) in [4.78, 5) is 33.7. The van der Waals surface area contributed by atoms with Gasteiger partial charge in [-0.25, -0.2) is 9.97 Å². The van der Waals surface area contributed by atoms with Gasteiger partial charge in [0.25, 0.3) is 0 Å². The van der Waals surface area contributed by atoms with Crippen LogP contribution < -0.4 is 10.6 Å². The van der Waals surface area contributed by atoms with Crippen LogP contribution in [-0.2, 0) is 46.4 Å². The van der Waals surface area contributed by atoms with Crippen molar-refractivity contribution in [1.82, 2.24) is 19.1 Å². The van der Waals surface area contributed by atoms with E-state index in [2.05, 4.69) is 61.7 Å². The lowest BCUT2D eigenvalue weighted by Gasteiger charge is -2.29. The second-order valence-corrected chi connectivity index (χ2v) is 16.5. The molecule has 2 amide bonds. The molecule has 2 aliphatic rings. The van der Waals surface area contributed by atoms with Gasteiger partial charge in [-0.05, 0) is 98.3 Å². The number of hydrogen-bond acceptors (Lipinski definition) is 4. The van der Waals surface area contributed by atoms with Gasteiger partial charge >= 0.3 is 6.18 Å². The van der Waals surface area contributed by atoms with Crippen molar-refractivity contribution >= 4 is 23.7 Å². The van der Waals surface area contributed by atoms with Crippen LogP contribution >= 0.6 is 0 Å². The van der Waals surface area contributed by atoms with Crippen LogP contribution in [0.15, 0.2) is 0 Å². The summed E-state index contributed by atoms with van der Waals surface area (Å²) in [5.74, 6) is 0.474. The SMILES string of the molecule is CC(C)(C)CC(=O)Nc1nc2c(n1C(C)(C)C)CCCC2.CC(C)(C)n1c(NC(=O)CC(C)(C)C(F)(F)F)nc2c1CCCC2.